The summed E-state index contributed by atoms with van der Waals surface area (Å²) in [5.74, 6) is 1.06. The van der Waals surface area contributed by atoms with Gasteiger partial charge in [-0.15, -0.1) is 0 Å². The van der Waals surface area contributed by atoms with Crippen molar-refractivity contribution in [2.24, 2.45) is 0 Å². The second-order valence-electron chi connectivity index (χ2n) is 11.1. The van der Waals surface area contributed by atoms with Crippen LogP contribution in [0.1, 0.15) is 67.3 Å². The van der Waals surface area contributed by atoms with E-state index in [1.165, 1.54) is 66.4 Å². The Morgan fingerprint density at radius 2 is 1.71 bits per heavy atom. The molecule has 6 nitrogen and oxygen atoms in total. The predicted octanol–water partition coefficient (Wildman–Crippen LogP) is 6.42. The minimum Gasteiger partial charge on any atom is -0.357 e. The first-order valence-electron chi connectivity index (χ1n) is 14.2. The molecular formula is C32H36N6. The molecule has 0 bridgehead atoms. The zero-order valence-corrected chi connectivity index (χ0v) is 21.9. The van der Waals surface area contributed by atoms with Crippen molar-refractivity contribution in [2.45, 2.75) is 76.2 Å². The highest BCUT2D eigenvalue weighted by Crippen LogP contribution is 2.38. The Bertz CT molecular complexity index is 1460. The number of rotatable bonds is 7. The number of benzene rings is 2. The first kappa shape index (κ1) is 23.6. The van der Waals surface area contributed by atoms with Gasteiger partial charge in [-0.25, -0.2) is 4.98 Å². The molecule has 2 aliphatic rings. The van der Waals surface area contributed by atoms with Crippen LogP contribution in [0.5, 0.6) is 0 Å². The Morgan fingerprint density at radius 3 is 2.58 bits per heavy atom. The third kappa shape index (κ3) is 4.74. The Labute approximate surface area is 223 Å². The SMILES string of the molecule is c1cnc2c(c1)CCCC2N(Cc1nc2ccccc2[nH]1)C1CCC(NCc2cc3ccccc3[nH]2)CC1. The van der Waals surface area contributed by atoms with Crippen LogP contribution in [0.25, 0.3) is 21.9 Å². The van der Waals surface area contributed by atoms with Crippen molar-refractivity contribution in [1.82, 2.24) is 30.2 Å². The van der Waals surface area contributed by atoms with Crippen molar-refractivity contribution in [3.63, 3.8) is 0 Å². The number of pyridine rings is 1. The number of nitrogens with one attached hydrogen (secondary N) is 3. The number of hydrogen-bond acceptors (Lipinski definition) is 4. The van der Waals surface area contributed by atoms with Crippen LogP contribution >= 0.6 is 0 Å². The molecular weight excluding hydrogens is 468 g/mol. The standard InChI is InChI=1S/C32H36N6/c1-2-10-27-23(7-1)19-25(35-27)20-34-24-14-16-26(17-15-24)38(21-31-36-28-11-3-4-12-29(28)37-31)30-13-5-8-22-9-6-18-33-32(22)30/h1-4,6-7,9-12,18-19,24,26,30,34-35H,5,8,13-17,20-21H2,(H,36,37). The van der Waals surface area contributed by atoms with Gasteiger partial charge in [0.05, 0.1) is 29.3 Å². The Morgan fingerprint density at radius 1 is 0.868 bits per heavy atom. The number of imidazole rings is 1. The van der Waals surface area contributed by atoms with Crippen LogP contribution in [0.2, 0.25) is 0 Å². The van der Waals surface area contributed by atoms with Gasteiger partial charge in [0.1, 0.15) is 5.82 Å². The molecule has 0 amide bonds. The number of H-pyrrole nitrogens is 2. The minimum absolute atomic E-state index is 0.356. The minimum atomic E-state index is 0.356. The number of para-hydroxylation sites is 3. The molecule has 7 rings (SSSR count). The normalized spacial score (nSPS) is 21.8. The van der Waals surface area contributed by atoms with E-state index in [0.717, 1.165) is 36.4 Å². The third-order valence-electron chi connectivity index (χ3n) is 8.67. The van der Waals surface area contributed by atoms with E-state index >= 15 is 0 Å². The van der Waals surface area contributed by atoms with Gasteiger partial charge in [-0.3, -0.25) is 9.88 Å². The monoisotopic (exact) mass is 504 g/mol. The molecule has 1 saturated carbocycles. The van der Waals surface area contributed by atoms with Crippen LogP contribution in [0.4, 0.5) is 0 Å². The summed E-state index contributed by atoms with van der Waals surface area (Å²) in [4.78, 5) is 19.8. The van der Waals surface area contributed by atoms with Crippen molar-refractivity contribution < 1.29 is 0 Å². The molecule has 0 spiro atoms. The summed E-state index contributed by atoms with van der Waals surface area (Å²) in [7, 11) is 0. The molecule has 1 unspecified atom stereocenters. The molecule has 0 aliphatic heterocycles. The molecule has 3 heterocycles. The molecule has 3 N–H and O–H groups in total. The van der Waals surface area contributed by atoms with Gasteiger partial charge in [0.2, 0.25) is 0 Å². The van der Waals surface area contributed by atoms with Gasteiger partial charge < -0.3 is 15.3 Å². The summed E-state index contributed by atoms with van der Waals surface area (Å²) < 4.78 is 0. The number of aromatic nitrogens is 4. The van der Waals surface area contributed by atoms with Crippen LogP contribution < -0.4 is 5.32 Å². The lowest BCUT2D eigenvalue weighted by Gasteiger charge is -2.42. The molecule has 2 aliphatic carbocycles. The molecule has 194 valence electrons. The number of aromatic amines is 2. The fraction of sp³-hybridized carbons (Fsp3) is 0.375. The second-order valence-corrected chi connectivity index (χ2v) is 11.1. The van der Waals surface area contributed by atoms with Gasteiger partial charge in [-0.2, -0.15) is 0 Å². The van der Waals surface area contributed by atoms with Crippen LogP contribution in [-0.2, 0) is 19.5 Å². The molecule has 0 saturated heterocycles. The largest absolute Gasteiger partial charge is 0.357 e. The Balaban J connectivity index is 1.07. The Kier molecular flexibility index (Phi) is 6.44. The summed E-state index contributed by atoms with van der Waals surface area (Å²) in [6.45, 7) is 1.74. The fourth-order valence-corrected chi connectivity index (χ4v) is 6.75. The first-order valence-corrected chi connectivity index (χ1v) is 14.2. The lowest BCUT2D eigenvalue weighted by Crippen LogP contribution is -2.44. The average molecular weight is 505 g/mol. The van der Waals surface area contributed by atoms with Crippen molar-refractivity contribution in [2.75, 3.05) is 0 Å². The number of nitrogens with zero attached hydrogens (tertiary/aromatic N) is 3. The topological polar surface area (TPSA) is 72.6 Å². The van der Waals surface area contributed by atoms with E-state index in [2.05, 4.69) is 86.9 Å². The van der Waals surface area contributed by atoms with E-state index in [9.17, 15) is 0 Å². The van der Waals surface area contributed by atoms with Crippen molar-refractivity contribution in [1.29, 1.82) is 0 Å². The zero-order chi connectivity index (χ0) is 25.3. The van der Waals surface area contributed by atoms with Gasteiger partial charge in [0.25, 0.3) is 0 Å². The molecule has 2 aromatic carbocycles. The summed E-state index contributed by atoms with van der Waals surface area (Å²) in [6.07, 6.45) is 10.3. The van der Waals surface area contributed by atoms with Crippen molar-refractivity contribution in [3.05, 3.63) is 95.7 Å². The van der Waals surface area contributed by atoms with E-state index < -0.39 is 0 Å². The second kappa shape index (κ2) is 10.4. The quantitative estimate of drug-likeness (QED) is 0.239. The lowest BCUT2D eigenvalue weighted by atomic mass is 9.85. The van der Waals surface area contributed by atoms with E-state index in [1.54, 1.807) is 0 Å². The Hall–Kier alpha value is -3.48. The van der Waals surface area contributed by atoms with E-state index in [-0.39, 0.29) is 0 Å². The number of aryl methyl sites for hydroxylation is 1. The maximum absolute atomic E-state index is 4.96. The highest BCUT2D eigenvalue weighted by Gasteiger charge is 2.34. The summed E-state index contributed by atoms with van der Waals surface area (Å²) in [6, 6.07) is 25.0. The molecule has 0 radical (unpaired) electrons. The molecule has 38 heavy (non-hydrogen) atoms. The highest BCUT2D eigenvalue weighted by molar-refractivity contribution is 5.80. The predicted molar refractivity (Wildman–Crippen MR) is 153 cm³/mol. The van der Waals surface area contributed by atoms with Gasteiger partial charge >= 0.3 is 0 Å². The van der Waals surface area contributed by atoms with Crippen LogP contribution in [0.3, 0.4) is 0 Å². The first-order chi connectivity index (χ1) is 18.8. The van der Waals surface area contributed by atoms with Crippen LogP contribution in [0, 0.1) is 0 Å². The zero-order valence-electron chi connectivity index (χ0n) is 21.9. The van der Waals surface area contributed by atoms with Gasteiger partial charge in [-0.05, 0) is 86.2 Å². The summed E-state index contributed by atoms with van der Waals surface area (Å²) in [5.41, 5.74) is 7.37. The molecule has 3 aromatic heterocycles. The van der Waals surface area contributed by atoms with Gasteiger partial charge in [-0.1, -0.05) is 36.4 Å². The maximum atomic E-state index is 4.96. The smallest absolute Gasteiger partial charge is 0.121 e. The molecule has 1 atom stereocenters. The molecule has 1 fully saturated rings. The highest BCUT2D eigenvalue weighted by atomic mass is 15.2. The van der Waals surface area contributed by atoms with Crippen LogP contribution in [0.15, 0.2) is 72.9 Å². The van der Waals surface area contributed by atoms with Gasteiger partial charge in [0.15, 0.2) is 0 Å². The van der Waals surface area contributed by atoms with Crippen LogP contribution in [-0.4, -0.2) is 36.9 Å². The van der Waals surface area contributed by atoms with Crippen molar-refractivity contribution >= 4 is 21.9 Å². The average Bonchev–Trinajstić information content (AvgIpc) is 3.58. The molecule has 6 heteroatoms. The van der Waals surface area contributed by atoms with E-state index in [1.807, 2.05) is 6.20 Å². The summed E-state index contributed by atoms with van der Waals surface area (Å²) in [5, 5.41) is 5.13. The van der Waals surface area contributed by atoms with E-state index in [0.29, 0.717) is 18.1 Å². The fourth-order valence-electron chi connectivity index (χ4n) is 6.75. The van der Waals surface area contributed by atoms with Gasteiger partial charge in [0, 0.05) is 36.0 Å². The van der Waals surface area contributed by atoms with E-state index in [4.69, 9.17) is 9.97 Å². The maximum Gasteiger partial charge on any atom is 0.121 e. The number of hydrogen-bond donors (Lipinski definition) is 3. The number of fused-ring (bicyclic) bond motifs is 3. The molecule has 5 aromatic rings. The van der Waals surface area contributed by atoms with Crippen molar-refractivity contribution in [3.8, 4) is 0 Å². The third-order valence-corrected chi connectivity index (χ3v) is 8.67. The summed E-state index contributed by atoms with van der Waals surface area (Å²) >= 11 is 0. The lowest BCUT2D eigenvalue weighted by molar-refractivity contribution is 0.0728.